The molecule has 0 radical (unpaired) electrons. The van der Waals surface area contributed by atoms with Gasteiger partial charge >= 0.3 is 0 Å². The second-order valence-electron chi connectivity index (χ2n) is 3.62. The van der Waals surface area contributed by atoms with E-state index in [1.165, 1.54) is 0 Å². The van der Waals surface area contributed by atoms with Crippen molar-refractivity contribution in [3.63, 3.8) is 0 Å². The summed E-state index contributed by atoms with van der Waals surface area (Å²) in [7, 11) is 0. The summed E-state index contributed by atoms with van der Waals surface area (Å²) in [5.74, 6) is 0.591. The van der Waals surface area contributed by atoms with Gasteiger partial charge < -0.3 is 4.90 Å². The highest BCUT2D eigenvalue weighted by Gasteiger charge is 2.20. The van der Waals surface area contributed by atoms with Crippen LogP contribution in [0, 0.1) is 5.92 Å². The minimum Gasteiger partial charge on any atom is -0.303 e. The molecule has 0 aromatic rings. The summed E-state index contributed by atoms with van der Waals surface area (Å²) in [6.07, 6.45) is 3.10. The van der Waals surface area contributed by atoms with Gasteiger partial charge in [0, 0.05) is 10.2 Å². The number of nitrogens with zero attached hydrogens (tertiary/aromatic N) is 1. The Morgan fingerprint density at radius 3 is 3.10 bits per heavy atom. The zero-order chi connectivity index (χ0) is 10.1. The van der Waals surface area contributed by atoms with Gasteiger partial charge in [0.15, 0.2) is 0 Å². The minimum absolute atomic E-state index is 0.285. The molecule has 0 aliphatic carbocycles. The van der Waals surface area contributed by atoms with E-state index in [-0.39, 0.29) is 6.04 Å². The molecule has 0 amide bonds. The smallest absolute Gasteiger partial charge is 0.0394 e. The monoisotopic (exact) mass is 144 g/mol. The predicted octanol–water partition coefficient (Wildman–Crippen LogP) is 2.13. The highest BCUT2D eigenvalue weighted by molar-refractivity contribution is 4.76. The molecule has 0 spiro atoms. The molecule has 1 aliphatic rings. The van der Waals surface area contributed by atoms with Crippen molar-refractivity contribution in [2.75, 3.05) is 13.5 Å². The topological polar surface area (TPSA) is 3.24 Å². The van der Waals surface area contributed by atoms with Crippen LogP contribution >= 0.6 is 0 Å². The van der Waals surface area contributed by atoms with Gasteiger partial charge in [0.1, 0.15) is 0 Å². The Labute approximate surface area is 68.6 Å². The third-order valence-electron chi connectivity index (χ3n) is 2.12. The number of likely N-dealkylation sites (tertiary alicyclic amines) is 1. The SMILES string of the molecule is [2H]C([2H])([2H])N1CCCC1CC(C)C. The zero-order valence-corrected chi connectivity index (χ0v) is 6.93. The fourth-order valence-electron chi connectivity index (χ4n) is 1.62. The summed E-state index contributed by atoms with van der Waals surface area (Å²) in [4.78, 5) is 1.69. The molecule has 1 heteroatoms. The fourth-order valence-corrected chi connectivity index (χ4v) is 1.62. The first-order chi connectivity index (χ1) is 5.91. The van der Waals surface area contributed by atoms with Crippen molar-refractivity contribution in [2.24, 2.45) is 5.92 Å². The van der Waals surface area contributed by atoms with Crippen molar-refractivity contribution in [1.82, 2.24) is 4.90 Å². The lowest BCUT2D eigenvalue weighted by molar-refractivity contribution is 0.272. The Hall–Kier alpha value is -0.0400. The first-order valence-electron chi connectivity index (χ1n) is 5.68. The van der Waals surface area contributed by atoms with Crippen LogP contribution in [0.2, 0.25) is 0 Å². The summed E-state index contributed by atoms with van der Waals surface area (Å²) in [6.45, 7) is 3.16. The molecule has 0 aromatic heterocycles. The van der Waals surface area contributed by atoms with Gasteiger partial charge in [-0.05, 0) is 38.7 Å². The van der Waals surface area contributed by atoms with Crippen molar-refractivity contribution in [3.05, 3.63) is 0 Å². The Morgan fingerprint density at radius 2 is 2.50 bits per heavy atom. The Morgan fingerprint density at radius 1 is 1.70 bits per heavy atom. The molecule has 1 nitrogen and oxygen atoms in total. The van der Waals surface area contributed by atoms with Gasteiger partial charge in [-0.2, -0.15) is 0 Å². The zero-order valence-electron chi connectivity index (χ0n) is 9.93. The van der Waals surface area contributed by atoms with Crippen LogP contribution in [-0.2, 0) is 0 Å². The number of hydrogen-bond donors (Lipinski definition) is 0. The maximum Gasteiger partial charge on any atom is 0.0394 e. The highest BCUT2D eigenvalue weighted by atomic mass is 15.1. The fraction of sp³-hybridized carbons (Fsp3) is 1.00. The van der Waals surface area contributed by atoms with Crippen molar-refractivity contribution in [1.29, 1.82) is 0 Å². The quantitative estimate of drug-likeness (QED) is 0.574. The molecule has 0 bridgehead atoms. The second-order valence-corrected chi connectivity index (χ2v) is 3.62. The second kappa shape index (κ2) is 3.38. The molecule has 1 aliphatic heterocycles. The molecule has 1 atom stereocenters. The highest BCUT2D eigenvalue weighted by Crippen LogP contribution is 2.20. The van der Waals surface area contributed by atoms with Crippen LogP contribution in [0.1, 0.15) is 37.2 Å². The lowest BCUT2D eigenvalue weighted by atomic mass is 10.0. The lowest BCUT2D eigenvalue weighted by Crippen LogP contribution is -2.25. The molecule has 1 heterocycles. The average molecular weight is 144 g/mol. The van der Waals surface area contributed by atoms with Gasteiger partial charge in [-0.15, -0.1) is 0 Å². The molecule has 1 saturated heterocycles. The van der Waals surface area contributed by atoms with Gasteiger partial charge in [-0.3, -0.25) is 0 Å². The van der Waals surface area contributed by atoms with E-state index in [0.717, 1.165) is 25.8 Å². The molecule has 0 saturated carbocycles. The summed E-state index contributed by atoms with van der Waals surface area (Å²) >= 11 is 0. The molecule has 0 N–H and O–H groups in total. The normalized spacial score (nSPS) is 33.9. The maximum absolute atomic E-state index is 7.36. The molecule has 1 rings (SSSR count). The summed E-state index contributed by atoms with van der Waals surface area (Å²) in [5.41, 5.74) is 0. The molecular weight excluding hydrogens is 122 g/mol. The first-order valence-corrected chi connectivity index (χ1v) is 4.18. The van der Waals surface area contributed by atoms with E-state index in [0.29, 0.717) is 5.92 Å². The Bertz CT molecular complexity index is 165. The molecule has 0 aromatic carbocycles. The van der Waals surface area contributed by atoms with Gasteiger partial charge in [0.25, 0.3) is 0 Å². The van der Waals surface area contributed by atoms with Crippen molar-refractivity contribution < 1.29 is 4.11 Å². The van der Waals surface area contributed by atoms with Crippen molar-refractivity contribution in [3.8, 4) is 0 Å². The average Bonchev–Trinajstić information content (AvgIpc) is 2.31. The van der Waals surface area contributed by atoms with E-state index in [2.05, 4.69) is 13.8 Å². The van der Waals surface area contributed by atoms with Crippen molar-refractivity contribution >= 4 is 0 Å². The number of rotatable bonds is 2. The predicted molar refractivity (Wildman–Crippen MR) is 45.1 cm³/mol. The molecule has 1 fully saturated rings. The first kappa shape index (κ1) is 4.76. The van der Waals surface area contributed by atoms with Crippen LogP contribution in [0.4, 0.5) is 0 Å². The van der Waals surface area contributed by atoms with Crippen LogP contribution in [-0.4, -0.2) is 24.5 Å². The van der Waals surface area contributed by atoms with Crippen molar-refractivity contribution in [2.45, 2.75) is 39.2 Å². The summed E-state index contributed by atoms with van der Waals surface area (Å²) < 4.78 is 22.1. The van der Waals surface area contributed by atoms with E-state index in [9.17, 15) is 0 Å². The molecule has 10 heavy (non-hydrogen) atoms. The standard InChI is InChI=1S/C9H19N/c1-8(2)7-9-5-4-6-10(9)3/h8-9H,4-7H2,1-3H3/i3D3. The Balaban J connectivity index is 2.54. The van der Waals surface area contributed by atoms with E-state index in [1.54, 1.807) is 4.90 Å². The maximum atomic E-state index is 7.36. The molecule has 1 unspecified atom stereocenters. The number of hydrogen-bond acceptors (Lipinski definition) is 1. The van der Waals surface area contributed by atoms with Crippen LogP contribution < -0.4 is 0 Å². The largest absolute Gasteiger partial charge is 0.303 e. The van der Waals surface area contributed by atoms with Gasteiger partial charge in [0.2, 0.25) is 0 Å². The van der Waals surface area contributed by atoms with Crippen LogP contribution in [0.3, 0.4) is 0 Å². The van der Waals surface area contributed by atoms with E-state index in [4.69, 9.17) is 4.11 Å². The van der Waals surface area contributed by atoms with Crippen LogP contribution in [0.25, 0.3) is 0 Å². The van der Waals surface area contributed by atoms with Crippen LogP contribution in [0.15, 0.2) is 0 Å². The third-order valence-corrected chi connectivity index (χ3v) is 2.12. The lowest BCUT2D eigenvalue weighted by Gasteiger charge is -2.20. The van der Waals surface area contributed by atoms with Gasteiger partial charge in [-0.25, -0.2) is 0 Å². The van der Waals surface area contributed by atoms with Crippen LogP contribution in [0.5, 0.6) is 0 Å². The van der Waals surface area contributed by atoms with E-state index >= 15 is 0 Å². The summed E-state index contributed by atoms with van der Waals surface area (Å²) in [5, 5.41) is 0. The molecule has 60 valence electrons. The van der Waals surface area contributed by atoms with E-state index < -0.39 is 6.98 Å². The van der Waals surface area contributed by atoms with Gasteiger partial charge in [0.05, 0.1) is 0 Å². The van der Waals surface area contributed by atoms with Gasteiger partial charge in [-0.1, -0.05) is 13.8 Å². The molecular formula is C9H19N. The minimum atomic E-state index is -1.88. The third kappa shape index (κ3) is 1.98. The Kier molecular flexibility index (Phi) is 1.61. The summed E-state index contributed by atoms with van der Waals surface area (Å²) in [6, 6.07) is 0.285. The van der Waals surface area contributed by atoms with E-state index in [1.807, 2.05) is 0 Å².